The molecule has 22 heavy (non-hydrogen) atoms. The van der Waals surface area contributed by atoms with Crippen molar-refractivity contribution in [2.24, 2.45) is 0 Å². The third kappa shape index (κ3) is 4.42. The third-order valence-electron chi connectivity index (χ3n) is 3.86. The van der Waals surface area contributed by atoms with Crippen LogP contribution in [-0.2, 0) is 6.54 Å². The topological polar surface area (TPSA) is 54.5 Å². The molecule has 0 atom stereocenters. The van der Waals surface area contributed by atoms with Gasteiger partial charge >= 0.3 is 0 Å². The third-order valence-corrected chi connectivity index (χ3v) is 3.86. The molecule has 116 valence electrons. The lowest BCUT2D eigenvalue weighted by molar-refractivity contribution is 0.516. The van der Waals surface area contributed by atoms with E-state index >= 15 is 0 Å². The number of nitrogens with zero attached hydrogens (tertiary/aromatic N) is 4. The second-order valence-electron chi connectivity index (χ2n) is 5.61. The van der Waals surface area contributed by atoms with Crippen molar-refractivity contribution in [3.8, 4) is 17.3 Å². The molecule has 1 aromatic carbocycles. The van der Waals surface area contributed by atoms with Gasteiger partial charge in [-0.1, -0.05) is 81.0 Å². The predicted molar refractivity (Wildman–Crippen MR) is 88.2 cm³/mol. The summed E-state index contributed by atoms with van der Waals surface area (Å²) < 4.78 is 1.87. The normalized spacial score (nSPS) is 10.5. The quantitative estimate of drug-likeness (QED) is 0.637. The van der Waals surface area contributed by atoms with E-state index in [0.29, 0.717) is 5.69 Å². The number of aryl methyl sites for hydroxylation is 1. The van der Waals surface area contributed by atoms with Gasteiger partial charge in [0.1, 0.15) is 11.8 Å². The summed E-state index contributed by atoms with van der Waals surface area (Å²) in [5.41, 5.74) is 2.26. The van der Waals surface area contributed by atoms with Gasteiger partial charge < -0.3 is 0 Å². The van der Waals surface area contributed by atoms with Gasteiger partial charge in [-0.25, -0.2) is 4.68 Å². The average molecular weight is 296 g/mol. The highest BCUT2D eigenvalue weighted by Gasteiger charge is 2.13. The molecule has 2 rings (SSSR count). The molecule has 0 aliphatic rings. The van der Waals surface area contributed by atoms with Crippen molar-refractivity contribution < 1.29 is 0 Å². The number of nitriles is 1. The highest BCUT2D eigenvalue weighted by molar-refractivity contribution is 5.64. The zero-order chi connectivity index (χ0) is 15.6. The van der Waals surface area contributed by atoms with Gasteiger partial charge in [-0.2, -0.15) is 5.26 Å². The predicted octanol–water partition coefficient (Wildman–Crippen LogP) is 4.57. The molecule has 0 saturated carbocycles. The Balaban J connectivity index is 1.92. The lowest BCUT2D eigenvalue weighted by atomic mass is 10.1. The van der Waals surface area contributed by atoms with Crippen molar-refractivity contribution in [1.82, 2.24) is 15.0 Å². The van der Waals surface area contributed by atoms with Crippen molar-refractivity contribution in [2.75, 3.05) is 0 Å². The summed E-state index contributed by atoms with van der Waals surface area (Å²) >= 11 is 0. The molecule has 0 unspecified atom stereocenters. The standard InChI is InChI=1S/C18H24N4/c1-2-3-4-5-6-7-11-14-22-18(17(15-19)20-21-22)16-12-9-8-10-13-16/h8-10,12-13H,2-7,11,14H2,1H3. The molecule has 0 fully saturated rings. The van der Waals surface area contributed by atoms with E-state index in [1.54, 1.807) is 0 Å². The minimum Gasteiger partial charge on any atom is -0.243 e. The first-order chi connectivity index (χ1) is 10.9. The Morgan fingerprint density at radius 1 is 1.00 bits per heavy atom. The van der Waals surface area contributed by atoms with Gasteiger partial charge in [0.05, 0.1) is 0 Å². The van der Waals surface area contributed by atoms with Crippen LogP contribution in [0.5, 0.6) is 0 Å². The van der Waals surface area contributed by atoms with Gasteiger partial charge in [0.15, 0.2) is 5.69 Å². The van der Waals surface area contributed by atoms with Crippen LogP contribution in [0.2, 0.25) is 0 Å². The minimum absolute atomic E-state index is 0.411. The highest BCUT2D eigenvalue weighted by Crippen LogP contribution is 2.22. The van der Waals surface area contributed by atoms with Gasteiger partial charge in [0.2, 0.25) is 0 Å². The van der Waals surface area contributed by atoms with Crippen molar-refractivity contribution in [3.05, 3.63) is 36.0 Å². The Bertz CT molecular complexity index is 595. The van der Waals surface area contributed by atoms with Crippen molar-refractivity contribution in [1.29, 1.82) is 5.26 Å². The van der Waals surface area contributed by atoms with Gasteiger partial charge in [-0.05, 0) is 6.42 Å². The number of hydrogen-bond acceptors (Lipinski definition) is 3. The van der Waals surface area contributed by atoms with E-state index in [1.807, 2.05) is 35.0 Å². The molecule has 2 aromatic rings. The first-order valence-corrected chi connectivity index (χ1v) is 8.25. The van der Waals surface area contributed by atoms with Crippen LogP contribution in [0, 0.1) is 11.3 Å². The Kier molecular flexibility index (Phi) is 6.63. The fourth-order valence-electron chi connectivity index (χ4n) is 2.65. The van der Waals surface area contributed by atoms with Crippen LogP contribution in [0.25, 0.3) is 11.3 Å². The lowest BCUT2D eigenvalue weighted by Gasteiger charge is -2.06. The lowest BCUT2D eigenvalue weighted by Crippen LogP contribution is -2.03. The van der Waals surface area contributed by atoms with E-state index in [1.165, 1.54) is 38.5 Å². The zero-order valence-electron chi connectivity index (χ0n) is 13.3. The zero-order valence-corrected chi connectivity index (χ0v) is 13.3. The Morgan fingerprint density at radius 2 is 1.68 bits per heavy atom. The van der Waals surface area contributed by atoms with Crippen LogP contribution in [0.4, 0.5) is 0 Å². The molecule has 4 heteroatoms. The van der Waals surface area contributed by atoms with Crippen LogP contribution in [0.15, 0.2) is 30.3 Å². The Hall–Kier alpha value is -2.15. The molecule has 0 spiro atoms. The summed E-state index contributed by atoms with van der Waals surface area (Å²) in [4.78, 5) is 0. The highest BCUT2D eigenvalue weighted by atomic mass is 15.4. The number of aromatic nitrogens is 3. The van der Waals surface area contributed by atoms with E-state index in [-0.39, 0.29) is 0 Å². The van der Waals surface area contributed by atoms with Gasteiger partial charge in [0, 0.05) is 12.1 Å². The maximum Gasteiger partial charge on any atom is 0.190 e. The number of unbranched alkanes of at least 4 members (excludes halogenated alkanes) is 6. The molecule has 0 bridgehead atoms. The maximum absolute atomic E-state index is 9.22. The molecule has 4 nitrogen and oxygen atoms in total. The number of rotatable bonds is 9. The fourth-order valence-corrected chi connectivity index (χ4v) is 2.65. The summed E-state index contributed by atoms with van der Waals surface area (Å²) in [6.45, 7) is 3.06. The Labute approximate surface area is 132 Å². The summed E-state index contributed by atoms with van der Waals surface area (Å²) in [7, 11) is 0. The summed E-state index contributed by atoms with van der Waals surface area (Å²) in [5, 5.41) is 17.4. The first kappa shape index (κ1) is 16.2. The van der Waals surface area contributed by atoms with Crippen LogP contribution in [0.3, 0.4) is 0 Å². The van der Waals surface area contributed by atoms with Gasteiger partial charge in [-0.15, -0.1) is 5.10 Å². The number of hydrogen-bond donors (Lipinski definition) is 0. The Morgan fingerprint density at radius 3 is 2.36 bits per heavy atom. The molecule has 0 radical (unpaired) electrons. The molecule has 0 N–H and O–H groups in total. The molecule has 0 aliphatic carbocycles. The molecule has 0 saturated heterocycles. The smallest absolute Gasteiger partial charge is 0.190 e. The van der Waals surface area contributed by atoms with Crippen LogP contribution in [0.1, 0.15) is 57.6 Å². The van der Waals surface area contributed by atoms with Gasteiger partial charge in [-0.3, -0.25) is 0 Å². The summed E-state index contributed by atoms with van der Waals surface area (Å²) in [6.07, 6.45) is 8.86. The van der Waals surface area contributed by atoms with E-state index in [0.717, 1.165) is 24.2 Å². The molecular weight excluding hydrogens is 272 g/mol. The van der Waals surface area contributed by atoms with Crippen molar-refractivity contribution in [3.63, 3.8) is 0 Å². The molecule has 1 aromatic heterocycles. The van der Waals surface area contributed by atoms with E-state index in [2.05, 4.69) is 23.3 Å². The molecule has 0 aliphatic heterocycles. The molecule has 0 amide bonds. The second-order valence-corrected chi connectivity index (χ2v) is 5.61. The average Bonchev–Trinajstić information content (AvgIpc) is 2.98. The van der Waals surface area contributed by atoms with Gasteiger partial charge in [0.25, 0.3) is 0 Å². The van der Waals surface area contributed by atoms with Crippen LogP contribution in [-0.4, -0.2) is 15.0 Å². The van der Waals surface area contributed by atoms with Crippen molar-refractivity contribution >= 4 is 0 Å². The second kappa shape index (κ2) is 8.99. The summed E-state index contributed by atoms with van der Waals surface area (Å²) in [6, 6.07) is 12.1. The van der Waals surface area contributed by atoms with Crippen molar-refractivity contribution in [2.45, 2.75) is 58.4 Å². The largest absolute Gasteiger partial charge is 0.243 e. The van der Waals surface area contributed by atoms with E-state index < -0.39 is 0 Å². The fraction of sp³-hybridized carbons (Fsp3) is 0.500. The molecular formula is C18H24N4. The number of benzene rings is 1. The maximum atomic E-state index is 9.22. The summed E-state index contributed by atoms with van der Waals surface area (Å²) in [5.74, 6) is 0. The van der Waals surface area contributed by atoms with E-state index in [9.17, 15) is 5.26 Å². The van der Waals surface area contributed by atoms with E-state index in [4.69, 9.17) is 0 Å². The minimum atomic E-state index is 0.411. The SMILES string of the molecule is CCCCCCCCCn1nnc(C#N)c1-c1ccccc1. The monoisotopic (exact) mass is 296 g/mol. The first-order valence-electron chi connectivity index (χ1n) is 8.25. The van der Waals surface area contributed by atoms with Crippen LogP contribution < -0.4 is 0 Å². The van der Waals surface area contributed by atoms with Crippen LogP contribution >= 0.6 is 0 Å². The molecule has 1 heterocycles.